The van der Waals surface area contributed by atoms with Gasteiger partial charge in [0.15, 0.2) is 0 Å². The lowest BCUT2D eigenvalue weighted by Crippen LogP contribution is -2.29. The zero-order valence-electron chi connectivity index (χ0n) is 12.9. The van der Waals surface area contributed by atoms with Gasteiger partial charge in [0.2, 0.25) is 6.39 Å². The summed E-state index contributed by atoms with van der Waals surface area (Å²) in [6, 6.07) is 8.51. The van der Waals surface area contributed by atoms with Gasteiger partial charge in [0.05, 0.1) is 6.04 Å². The molecule has 1 amide bonds. The number of likely N-dealkylation sites (tertiary alicyclic amines) is 1. The van der Waals surface area contributed by atoms with Gasteiger partial charge in [-0.1, -0.05) is 31.2 Å². The Bertz CT molecular complexity index is 438. The molecule has 1 aromatic carbocycles. The summed E-state index contributed by atoms with van der Waals surface area (Å²) in [5.41, 5.74) is 2.48. The van der Waals surface area contributed by atoms with Crippen LogP contribution in [0.2, 0.25) is 0 Å². The molecule has 19 heavy (non-hydrogen) atoms. The van der Waals surface area contributed by atoms with E-state index in [0.717, 1.165) is 12.0 Å². The lowest BCUT2D eigenvalue weighted by molar-refractivity contribution is -0.110. The third-order valence-electron chi connectivity index (χ3n) is 4.17. The van der Waals surface area contributed by atoms with E-state index in [0.29, 0.717) is 5.92 Å². The highest BCUT2D eigenvalue weighted by atomic mass is 16.1. The van der Waals surface area contributed by atoms with Crippen LogP contribution in [-0.4, -0.2) is 31.4 Å². The van der Waals surface area contributed by atoms with Crippen molar-refractivity contribution in [2.75, 3.05) is 20.1 Å². The first-order chi connectivity index (χ1) is 9.60. The maximum atomic E-state index is 10.9. The maximum absolute atomic E-state index is 10.9. The Morgan fingerprint density at radius 3 is 2.58 bits per heavy atom. The smallest absolute Gasteiger partial charge is 0.207 e. The fourth-order valence-corrected chi connectivity index (χ4v) is 2.83. The van der Waals surface area contributed by atoms with E-state index in [1.807, 2.05) is 6.92 Å². The Kier molecular flexibility index (Phi) is 4.48. The van der Waals surface area contributed by atoms with Crippen molar-refractivity contribution in [3.05, 3.63) is 35.4 Å². The number of piperidine rings is 1. The molecule has 1 fully saturated rings. The monoisotopic (exact) mass is 262 g/mol. The van der Waals surface area contributed by atoms with Gasteiger partial charge in [-0.05, 0) is 56.4 Å². The molecule has 1 aliphatic rings. The number of hydrogen-bond donors (Lipinski definition) is 1. The minimum Gasteiger partial charge on any atom is -0.352 e. The van der Waals surface area contributed by atoms with Crippen molar-refractivity contribution in [1.82, 2.24) is 10.2 Å². The van der Waals surface area contributed by atoms with Crippen LogP contribution in [0.1, 0.15) is 50.6 Å². The van der Waals surface area contributed by atoms with E-state index < -0.39 is 6.39 Å². The van der Waals surface area contributed by atoms with Crippen LogP contribution < -0.4 is 5.32 Å². The summed E-state index contributed by atoms with van der Waals surface area (Å²) >= 11 is 0. The summed E-state index contributed by atoms with van der Waals surface area (Å²) in [6.07, 6.45) is 2.53. The average Bonchev–Trinajstić information content (AvgIpc) is 2.46. The zero-order chi connectivity index (χ0) is 14.5. The van der Waals surface area contributed by atoms with Crippen molar-refractivity contribution in [2.45, 2.75) is 38.1 Å². The number of carbonyl (C=O) groups excluding carboxylic acids is 1. The van der Waals surface area contributed by atoms with E-state index in [4.69, 9.17) is 1.37 Å². The number of benzene rings is 1. The number of rotatable bonds is 4. The lowest BCUT2D eigenvalue weighted by atomic mass is 9.88. The first kappa shape index (κ1) is 12.7. The number of amides is 1. The number of nitrogens with one attached hydrogen (secondary N) is 1. The highest BCUT2D eigenvalue weighted by molar-refractivity contribution is 5.47. The summed E-state index contributed by atoms with van der Waals surface area (Å²) in [5, 5.41) is 2.67. The van der Waals surface area contributed by atoms with Crippen molar-refractivity contribution in [2.24, 2.45) is 0 Å². The first-order valence-electron chi connectivity index (χ1n) is 7.65. The summed E-state index contributed by atoms with van der Waals surface area (Å²) in [5.74, 6) is 0.658. The molecule has 0 aliphatic carbocycles. The minimum absolute atomic E-state index is 0.0495. The van der Waals surface area contributed by atoms with E-state index in [9.17, 15) is 4.79 Å². The van der Waals surface area contributed by atoms with Crippen molar-refractivity contribution < 1.29 is 6.17 Å². The topological polar surface area (TPSA) is 32.3 Å². The van der Waals surface area contributed by atoms with Crippen LogP contribution in [0.4, 0.5) is 0 Å². The van der Waals surface area contributed by atoms with Crippen LogP contribution in [0.15, 0.2) is 24.3 Å². The molecule has 0 radical (unpaired) electrons. The molecular weight excluding hydrogens is 236 g/mol. The van der Waals surface area contributed by atoms with Crippen molar-refractivity contribution >= 4 is 6.39 Å². The molecule has 0 bridgehead atoms. The van der Waals surface area contributed by atoms with E-state index in [-0.39, 0.29) is 6.04 Å². The van der Waals surface area contributed by atoms with Gasteiger partial charge in [-0.25, -0.2) is 0 Å². The molecule has 1 unspecified atom stereocenters. The normalized spacial score (nSPS) is 19.8. The summed E-state index contributed by atoms with van der Waals surface area (Å²) in [6.45, 7) is 4.35. The number of carbonyl (C=O) groups is 1. The van der Waals surface area contributed by atoms with Gasteiger partial charge < -0.3 is 10.2 Å². The third kappa shape index (κ3) is 3.57. The Morgan fingerprint density at radius 1 is 1.42 bits per heavy atom. The van der Waals surface area contributed by atoms with Crippen LogP contribution in [0.3, 0.4) is 0 Å². The molecule has 1 atom stereocenters. The van der Waals surface area contributed by atoms with Crippen LogP contribution in [0, 0.1) is 0 Å². The molecular formula is C16H24N2O. The summed E-state index contributed by atoms with van der Waals surface area (Å²) in [7, 11) is 2.18. The Balaban J connectivity index is 2.03. The molecule has 0 saturated carbocycles. The van der Waals surface area contributed by atoms with Gasteiger partial charge in [-0.2, -0.15) is 0 Å². The quantitative estimate of drug-likeness (QED) is 0.846. The molecule has 104 valence electrons. The van der Waals surface area contributed by atoms with Crippen LogP contribution in [0.5, 0.6) is 0 Å². The molecule has 1 saturated heterocycles. The summed E-state index contributed by atoms with van der Waals surface area (Å²) < 4.78 is 7.03. The fraction of sp³-hybridized carbons (Fsp3) is 0.562. The van der Waals surface area contributed by atoms with Crippen LogP contribution in [-0.2, 0) is 4.79 Å². The van der Waals surface area contributed by atoms with Gasteiger partial charge in [0.25, 0.3) is 0 Å². The predicted octanol–water partition coefficient (Wildman–Crippen LogP) is 2.69. The van der Waals surface area contributed by atoms with Crippen LogP contribution in [0.25, 0.3) is 0 Å². The zero-order valence-corrected chi connectivity index (χ0v) is 11.9. The summed E-state index contributed by atoms with van der Waals surface area (Å²) in [4.78, 5) is 13.3. The van der Waals surface area contributed by atoms with E-state index in [1.54, 1.807) is 0 Å². The van der Waals surface area contributed by atoms with E-state index in [1.165, 1.54) is 31.5 Å². The molecule has 1 aliphatic heterocycles. The average molecular weight is 262 g/mol. The highest BCUT2D eigenvalue weighted by Crippen LogP contribution is 2.28. The largest absolute Gasteiger partial charge is 0.352 e. The lowest BCUT2D eigenvalue weighted by Gasteiger charge is -2.29. The standard InChI is InChI=1S/C16H24N2O/c1-3-16(17-12-19)15-6-4-13(5-7-15)14-8-10-18(2)11-9-14/h4-7,12,14,16H,3,8-11H2,1-2H3,(H,17,19)/i12T. The first-order valence-corrected chi connectivity index (χ1v) is 7.15. The molecule has 3 heteroatoms. The second-order valence-corrected chi connectivity index (χ2v) is 5.45. The molecule has 1 aromatic rings. The number of nitrogens with zero attached hydrogens (tertiary/aromatic N) is 1. The second-order valence-electron chi connectivity index (χ2n) is 5.45. The molecule has 3 nitrogen and oxygen atoms in total. The third-order valence-corrected chi connectivity index (χ3v) is 4.17. The van der Waals surface area contributed by atoms with E-state index in [2.05, 4.69) is 41.5 Å². The molecule has 0 aromatic heterocycles. The molecule has 0 spiro atoms. The SMILES string of the molecule is [3H]C(=O)NC(CC)c1ccc(C2CCN(C)CC2)cc1. The Labute approximate surface area is 117 Å². The van der Waals surface area contributed by atoms with Crippen molar-refractivity contribution in [3.63, 3.8) is 0 Å². The fourth-order valence-electron chi connectivity index (χ4n) is 2.83. The molecule has 2 rings (SSSR count). The Morgan fingerprint density at radius 2 is 2.05 bits per heavy atom. The second kappa shape index (κ2) is 6.71. The molecule has 1 heterocycles. The number of hydrogen-bond acceptors (Lipinski definition) is 2. The van der Waals surface area contributed by atoms with Gasteiger partial charge in [0.1, 0.15) is 1.37 Å². The van der Waals surface area contributed by atoms with Crippen molar-refractivity contribution in [1.29, 1.82) is 0 Å². The highest BCUT2D eigenvalue weighted by Gasteiger charge is 2.18. The van der Waals surface area contributed by atoms with Crippen LogP contribution >= 0.6 is 0 Å². The van der Waals surface area contributed by atoms with Gasteiger partial charge in [0, 0.05) is 0 Å². The van der Waals surface area contributed by atoms with Gasteiger partial charge in [-0.3, -0.25) is 4.79 Å². The van der Waals surface area contributed by atoms with Crippen molar-refractivity contribution in [3.8, 4) is 0 Å². The maximum Gasteiger partial charge on any atom is 0.207 e. The molecule has 1 N–H and O–H groups in total. The van der Waals surface area contributed by atoms with E-state index >= 15 is 0 Å². The minimum atomic E-state index is -0.712. The van der Waals surface area contributed by atoms with Gasteiger partial charge >= 0.3 is 0 Å². The van der Waals surface area contributed by atoms with Gasteiger partial charge in [-0.15, -0.1) is 0 Å². The predicted molar refractivity (Wildman–Crippen MR) is 78.1 cm³/mol. The Hall–Kier alpha value is -1.35.